The van der Waals surface area contributed by atoms with Crippen molar-refractivity contribution in [2.24, 2.45) is 7.05 Å². The molecule has 0 atom stereocenters. The lowest BCUT2D eigenvalue weighted by molar-refractivity contribution is -0.116. The van der Waals surface area contributed by atoms with Crippen molar-refractivity contribution in [3.8, 4) is 5.75 Å². The average Bonchev–Trinajstić information content (AvgIpc) is 2.82. The van der Waals surface area contributed by atoms with Gasteiger partial charge in [-0.05, 0) is 36.4 Å². The van der Waals surface area contributed by atoms with Gasteiger partial charge in [0.1, 0.15) is 12.3 Å². The summed E-state index contributed by atoms with van der Waals surface area (Å²) in [7, 11) is 1.64. The van der Waals surface area contributed by atoms with E-state index >= 15 is 0 Å². The lowest BCUT2D eigenvalue weighted by Gasteiger charge is -2.08. The highest BCUT2D eigenvalue weighted by atomic mass is 19.3. The zero-order chi connectivity index (χ0) is 18.0. The summed E-state index contributed by atoms with van der Waals surface area (Å²) < 4.78 is 31.3. The second-order valence-corrected chi connectivity index (χ2v) is 5.37. The Balaban J connectivity index is 1.75. The Kier molecular flexibility index (Phi) is 4.51. The third-order valence-corrected chi connectivity index (χ3v) is 3.72. The van der Waals surface area contributed by atoms with Crippen LogP contribution in [0.1, 0.15) is 0 Å². The van der Waals surface area contributed by atoms with E-state index in [0.29, 0.717) is 11.2 Å². The number of rotatable bonds is 5. The highest BCUT2D eigenvalue weighted by molar-refractivity contribution is 5.91. The molecule has 0 radical (unpaired) electrons. The van der Waals surface area contributed by atoms with Crippen LogP contribution in [0.25, 0.3) is 11.0 Å². The summed E-state index contributed by atoms with van der Waals surface area (Å²) in [6.45, 7) is -3.06. The highest BCUT2D eigenvalue weighted by Crippen LogP contribution is 2.18. The molecular weight excluding hydrogens is 332 g/mol. The number of aryl methyl sites for hydroxylation is 1. The van der Waals surface area contributed by atoms with Crippen LogP contribution in [-0.2, 0) is 18.4 Å². The molecule has 1 heterocycles. The quantitative estimate of drug-likeness (QED) is 0.771. The summed E-state index contributed by atoms with van der Waals surface area (Å²) in [5, 5.41) is 2.62. The molecule has 130 valence electrons. The van der Waals surface area contributed by atoms with E-state index in [1.54, 1.807) is 25.2 Å². The van der Waals surface area contributed by atoms with Crippen LogP contribution in [-0.4, -0.2) is 21.7 Å². The molecule has 0 fully saturated rings. The number of aromatic nitrogens is 2. The van der Waals surface area contributed by atoms with Crippen molar-refractivity contribution in [1.82, 2.24) is 9.13 Å². The number of imidazole rings is 1. The molecule has 1 amide bonds. The molecular formula is C17H15F2N3O3. The normalized spacial score (nSPS) is 11.0. The van der Waals surface area contributed by atoms with Crippen molar-refractivity contribution >= 4 is 22.6 Å². The molecule has 3 rings (SSSR count). The van der Waals surface area contributed by atoms with Crippen LogP contribution >= 0.6 is 0 Å². The summed E-state index contributed by atoms with van der Waals surface area (Å²) >= 11 is 0. The molecule has 2 aromatic carbocycles. The van der Waals surface area contributed by atoms with Crippen molar-refractivity contribution in [3.63, 3.8) is 0 Å². The Bertz CT molecular complexity index is 961. The number of alkyl halides is 2. The van der Waals surface area contributed by atoms with E-state index in [1.807, 2.05) is 6.07 Å². The fourth-order valence-corrected chi connectivity index (χ4v) is 2.58. The topological polar surface area (TPSA) is 65.3 Å². The Morgan fingerprint density at radius 2 is 1.76 bits per heavy atom. The molecule has 1 N–H and O–H groups in total. The number of anilines is 1. The average molecular weight is 347 g/mol. The van der Waals surface area contributed by atoms with Gasteiger partial charge in [0.15, 0.2) is 0 Å². The predicted molar refractivity (Wildman–Crippen MR) is 88.9 cm³/mol. The number of amides is 1. The molecule has 0 saturated heterocycles. The van der Waals surface area contributed by atoms with Gasteiger partial charge in [0.25, 0.3) is 0 Å². The number of para-hydroxylation sites is 2. The molecule has 6 nitrogen and oxygen atoms in total. The van der Waals surface area contributed by atoms with Gasteiger partial charge in [-0.3, -0.25) is 13.9 Å². The summed E-state index contributed by atoms with van der Waals surface area (Å²) in [5.41, 5.74) is 1.51. The number of fused-ring (bicyclic) bond motifs is 1. The van der Waals surface area contributed by atoms with Crippen molar-refractivity contribution in [2.75, 3.05) is 5.32 Å². The van der Waals surface area contributed by atoms with E-state index < -0.39 is 12.5 Å². The lowest BCUT2D eigenvalue weighted by atomic mass is 10.3. The third-order valence-electron chi connectivity index (χ3n) is 3.72. The van der Waals surface area contributed by atoms with Crippen molar-refractivity contribution in [3.05, 3.63) is 59.0 Å². The Labute approximate surface area is 141 Å². The Morgan fingerprint density at radius 3 is 2.40 bits per heavy atom. The van der Waals surface area contributed by atoms with Crippen LogP contribution in [0.15, 0.2) is 53.3 Å². The zero-order valence-electron chi connectivity index (χ0n) is 13.3. The largest absolute Gasteiger partial charge is 0.435 e. The molecule has 0 bridgehead atoms. The number of nitrogens with one attached hydrogen (secondary N) is 1. The first-order chi connectivity index (χ1) is 12.0. The van der Waals surface area contributed by atoms with E-state index in [1.165, 1.54) is 33.4 Å². The van der Waals surface area contributed by atoms with Crippen LogP contribution in [0, 0.1) is 0 Å². The summed E-state index contributed by atoms with van der Waals surface area (Å²) in [5.74, 6) is -0.403. The van der Waals surface area contributed by atoms with Gasteiger partial charge in [-0.1, -0.05) is 12.1 Å². The molecule has 0 saturated carbocycles. The van der Waals surface area contributed by atoms with E-state index in [9.17, 15) is 18.4 Å². The maximum absolute atomic E-state index is 12.3. The zero-order valence-corrected chi connectivity index (χ0v) is 13.3. The van der Waals surface area contributed by atoms with Crippen molar-refractivity contribution in [2.45, 2.75) is 13.2 Å². The number of ether oxygens (including phenoxy) is 1. The number of carbonyl (C=O) groups excluding carboxylic acids is 1. The van der Waals surface area contributed by atoms with Gasteiger partial charge in [-0.15, -0.1) is 0 Å². The molecule has 1 aromatic heterocycles. The molecule has 25 heavy (non-hydrogen) atoms. The number of benzene rings is 2. The van der Waals surface area contributed by atoms with Gasteiger partial charge in [0, 0.05) is 12.7 Å². The second-order valence-electron chi connectivity index (χ2n) is 5.37. The third kappa shape index (κ3) is 3.52. The fraction of sp³-hybridized carbons (Fsp3) is 0.176. The standard InChI is InChI=1S/C17H15F2N3O3/c1-21-13-4-2-3-5-14(13)22(17(21)24)10-15(23)20-11-6-8-12(9-7-11)25-16(18)19/h2-9,16H,10H2,1H3,(H,20,23). The minimum atomic E-state index is -2.90. The van der Waals surface area contributed by atoms with Crippen LogP contribution in [0.5, 0.6) is 5.75 Å². The van der Waals surface area contributed by atoms with Gasteiger partial charge in [0.05, 0.1) is 11.0 Å². The van der Waals surface area contributed by atoms with Crippen LogP contribution in [0.3, 0.4) is 0 Å². The SMILES string of the molecule is Cn1c(=O)n(CC(=O)Nc2ccc(OC(F)F)cc2)c2ccccc21. The molecule has 0 aliphatic rings. The van der Waals surface area contributed by atoms with Gasteiger partial charge in [0.2, 0.25) is 5.91 Å². The minimum absolute atomic E-state index is 0.00160. The monoisotopic (exact) mass is 347 g/mol. The number of halogens is 2. The van der Waals surface area contributed by atoms with E-state index in [2.05, 4.69) is 10.1 Å². The van der Waals surface area contributed by atoms with Gasteiger partial charge in [-0.2, -0.15) is 8.78 Å². The molecule has 0 aliphatic heterocycles. The fourth-order valence-electron chi connectivity index (χ4n) is 2.58. The first kappa shape index (κ1) is 16.7. The molecule has 0 unspecified atom stereocenters. The van der Waals surface area contributed by atoms with Crippen molar-refractivity contribution in [1.29, 1.82) is 0 Å². The van der Waals surface area contributed by atoms with Crippen molar-refractivity contribution < 1.29 is 18.3 Å². The van der Waals surface area contributed by atoms with Crippen LogP contribution in [0.2, 0.25) is 0 Å². The molecule has 0 aliphatic carbocycles. The first-order valence-electron chi connectivity index (χ1n) is 7.44. The van der Waals surface area contributed by atoms with Gasteiger partial charge < -0.3 is 10.1 Å². The summed E-state index contributed by atoms with van der Waals surface area (Å²) in [6, 6.07) is 12.7. The maximum Gasteiger partial charge on any atom is 0.387 e. The predicted octanol–water partition coefficient (Wildman–Crippen LogP) is 2.58. The Morgan fingerprint density at radius 1 is 1.12 bits per heavy atom. The number of hydrogen-bond acceptors (Lipinski definition) is 3. The van der Waals surface area contributed by atoms with Gasteiger partial charge >= 0.3 is 12.3 Å². The Hall–Kier alpha value is -3.16. The van der Waals surface area contributed by atoms with E-state index in [0.717, 1.165) is 5.52 Å². The van der Waals surface area contributed by atoms with E-state index in [-0.39, 0.29) is 18.0 Å². The first-order valence-corrected chi connectivity index (χ1v) is 7.44. The minimum Gasteiger partial charge on any atom is -0.435 e. The lowest BCUT2D eigenvalue weighted by Crippen LogP contribution is -2.28. The molecule has 3 aromatic rings. The maximum atomic E-state index is 12.3. The molecule has 0 spiro atoms. The number of nitrogens with zero attached hydrogens (tertiary/aromatic N) is 2. The van der Waals surface area contributed by atoms with E-state index in [4.69, 9.17) is 0 Å². The second kappa shape index (κ2) is 6.76. The highest BCUT2D eigenvalue weighted by Gasteiger charge is 2.13. The smallest absolute Gasteiger partial charge is 0.387 e. The van der Waals surface area contributed by atoms with Crippen LogP contribution in [0.4, 0.5) is 14.5 Å². The molecule has 8 heteroatoms. The summed E-state index contributed by atoms with van der Waals surface area (Å²) in [4.78, 5) is 24.5. The van der Waals surface area contributed by atoms with Crippen LogP contribution < -0.4 is 15.7 Å². The number of hydrogen-bond donors (Lipinski definition) is 1. The summed E-state index contributed by atoms with van der Waals surface area (Å²) in [6.07, 6.45) is 0. The van der Waals surface area contributed by atoms with Gasteiger partial charge in [-0.25, -0.2) is 4.79 Å². The number of carbonyl (C=O) groups is 1.